The van der Waals surface area contributed by atoms with Gasteiger partial charge in [0.15, 0.2) is 0 Å². The third kappa shape index (κ3) is 3.93. The van der Waals surface area contributed by atoms with Crippen molar-refractivity contribution in [2.24, 2.45) is 0 Å². The maximum absolute atomic E-state index is 5.93. The molecule has 1 aliphatic rings. The third-order valence-corrected chi connectivity index (χ3v) is 4.73. The molecule has 1 aliphatic heterocycles. The number of nitrogens with zero attached hydrogens (tertiary/aromatic N) is 4. The molecule has 2 atom stereocenters. The first-order chi connectivity index (χ1) is 13.6. The van der Waals surface area contributed by atoms with Gasteiger partial charge in [0.1, 0.15) is 29.7 Å². The van der Waals surface area contributed by atoms with Gasteiger partial charge in [-0.15, -0.1) is 0 Å². The van der Waals surface area contributed by atoms with Gasteiger partial charge in [0.05, 0.1) is 30.5 Å². The van der Waals surface area contributed by atoms with Crippen molar-refractivity contribution in [1.82, 2.24) is 20.2 Å². The van der Waals surface area contributed by atoms with Crippen molar-refractivity contribution in [1.29, 1.82) is 0 Å². The lowest BCUT2D eigenvalue weighted by Gasteiger charge is -2.31. The number of benzene rings is 1. The molecule has 0 saturated carbocycles. The van der Waals surface area contributed by atoms with Crippen LogP contribution >= 0.6 is 0 Å². The van der Waals surface area contributed by atoms with Gasteiger partial charge in [-0.3, -0.25) is 5.10 Å². The molecular formula is C20H25N5O3. The van der Waals surface area contributed by atoms with Crippen molar-refractivity contribution in [3.05, 3.63) is 30.6 Å². The summed E-state index contributed by atoms with van der Waals surface area (Å²) in [5, 5.41) is 8.52. The summed E-state index contributed by atoms with van der Waals surface area (Å²) < 4.78 is 16.7. The second-order valence-corrected chi connectivity index (χ2v) is 7.05. The van der Waals surface area contributed by atoms with E-state index in [-0.39, 0.29) is 12.2 Å². The average molecular weight is 383 g/mol. The van der Waals surface area contributed by atoms with Crippen LogP contribution < -0.4 is 9.64 Å². The molecule has 3 aromatic rings. The van der Waals surface area contributed by atoms with E-state index in [1.807, 2.05) is 31.2 Å². The molecule has 148 valence electrons. The predicted octanol–water partition coefficient (Wildman–Crippen LogP) is 2.66. The van der Waals surface area contributed by atoms with Crippen molar-refractivity contribution in [2.45, 2.75) is 26.1 Å². The normalized spacial score (nSPS) is 18.4. The number of rotatable bonds is 6. The molecule has 28 heavy (non-hydrogen) atoms. The summed E-state index contributed by atoms with van der Waals surface area (Å²) in [4.78, 5) is 11.1. The summed E-state index contributed by atoms with van der Waals surface area (Å²) in [6.07, 6.45) is 1.74. The fourth-order valence-electron chi connectivity index (χ4n) is 3.44. The summed E-state index contributed by atoms with van der Waals surface area (Å²) in [5.41, 5.74) is 2.49. The molecule has 8 heteroatoms. The van der Waals surface area contributed by atoms with E-state index in [4.69, 9.17) is 14.2 Å². The molecule has 1 saturated heterocycles. The van der Waals surface area contributed by atoms with Crippen LogP contribution in [0.2, 0.25) is 0 Å². The Kier molecular flexibility index (Phi) is 5.40. The molecular weight excluding hydrogens is 358 g/mol. The first-order valence-electron chi connectivity index (χ1n) is 9.46. The lowest BCUT2D eigenvalue weighted by Crippen LogP contribution is -2.41. The van der Waals surface area contributed by atoms with Gasteiger partial charge in [0.2, 0.25) is 0 Å². The van der Waals surface area contributed by atoms with Crippen molar-refractivity contribution in [3.8, 4) is 17.1 Å². The molecule has 0 unspecified atom stereocenters. The molecule has 1 aromatic carbocycles. The van der Waals surface area contributed by atoms with E-state index in [9.17, 15) is 0 Å². The second-order valence-electron chi connectivity index (χ2n) is 7.05. The molecule has 0 amide bonds. The fraction of sp³-hybridized carbons (Fsp3) is 0.450. The van der Waals surface area contributed by atoms with Gasteiger partial charge < -0.3 is 19.1 Å². The highest BCUT2D eigenvalue weighted by molar-refractivity contribution is 5.93. The van der Waals surface area contributed by atoms with Gasteiger partial charge in [0.25, 0.3) is 0 Å². The Morgan fingerprint density at radius 1 is 1.32 bits per heavy atom. The highest BCUT2D eigenvalue weighted by Gasteiger charge is 2.19. The molecule has 0 bridgehead atoms. The molecule has 0 aliphatic carbocycles. The summed E-state index contributed by atoms with van der Waals surface area (Å²) in [7, 11) is 1.67. The standard InChI is InChI=1S/C20H25N5O3/c1-13-10-25(6-7-27-13)19-9-18(21-12-22-19)20-16-8-15(28-14(2)11-26-3)4-5-17(16)23-24-20/h4-5,8-9,12-14H,6-7,10-11H2,1-3H3,(H,23,24)/t13-,14+/m1/s1. The van der Waals surface area contributed by atoms with Gasteiger partial charge in [0, 0.05) is 31.7 Å². The molecule has 1 N–H and O–H groups in total. The molecule has 3 heterocycles. The van der Waals surface area contributed by atoms with Gasteiger partial charge in [-0.1, -0.05) is 0 Å². The average Bonchev–Trinajstić information content (AvgIpc) is 3.11. The predicted molar refractivity (Wildman–Crippen MR) is 107 cm³/mol. The summed E-state index contributed by atoms with van der Waals surface area (Å²) in [6.45, 7) is 6.91. The van der Waals surface area contributed by atoms with Crippen LogP contribution in [-0.4, -0.2) is 65.8 Å². The first kappa shape index (κ1) is 18.6. The van der Waals surface area contributed by atoms with Gasteiger partial charge in [-0.2, -0.15) is 5.10 Å². The smallest absolute Gasteiger partial charge is 0.132 e. The summed E-state index contributed by atoms with van der Waals surface area (Å²) in [5.74, 6) is 1.66. The third-order valence-electron chi connectivity index (χ3n) is 4.73. The zero-order valence-corrected chi connectivity index (χ0v) is 16.4. The van der Waals surface area contributed by atoms with Crippen LogP contribution in [0.4, 0.5) is 5.82 Å². The van der Waals surface area contributed by atoms with E-state index < -0.39 is 0 Å². The maximum atomic E-state index is 5.93. The fourth-order valence-corrected chi connectivity index (χ4v) is 3.44. The Balaban J connectivity index is 1.64. The number of morpholine rings is 1. The number of H-pyrrole nitrogens is 1. The van der Waals surface area contributed by atoms with Crippen LogP contribution in [-0.2, 0) is 9.47 Å². The molecule has 4 rings (SSSR count). The van der Waals surface area contributed by atoms with E-state index >= 15 is 0 Å². The highest BCUT2D eigenvalue weighted by atomic mass is 16.5. The van der Waals surface area contributed by atoms with E-state index in [1.54, 1.807) is 13.4 Å². The van der Waals surface area contributed by atoms with Crippen LogP contribution in [0.15, 0.2) is 30.6 Å². The Labute approximate surface area is 163 Å². The maximum Gasteiger partial charge on any atom is 0.132 e. The number of nitrogens with one attached hydrogen (secondary N) is 1. The number of fused-ring (bicyclic) bond motifs is 1. The lowest BCUT2D eigenvalue weighted by atomic mass is 10.1. The summed E-state index contributed by atoms with van der Waals surface area (Å²) in [6, 6.07) is 7.86. The van der Waals surface area contributed by atoms with E-state index in [2.05, 4.69) is 32.0 Å². The van der Waals surface area contributed by atoms with Crippen molar-refractivity contribution >= 4 is 16.7 Å². The molecule has 0 spiro atoms. The van der Waals surface area contributed by atoms with Gasteiger partial charge >= 0.3 is 0 Å². The number of hydrogen-bond acceptors (Lipinski definition) is 7. The Hall–Kier alpha value is -2.71. The number of anilines is 1. The number of hydrogen-bond donors (Lipinski definition) is 1. The minimum Gasteiger partial charge on any atom is -0.488 e. The number of aromatic nitrogens is 4. The van der Waals surface area contributed by atoms with Crippen molar-refractivity contribution in [2.75, 3.05) is 38.3 Å². The van der Waals surface area contributed by atoms with Crippen molar-refractivity contribution < 1.29 is 14.2 Å². The van der Waals surface area contributed by atoms with Gasteiger partial charge in [-0.25, -0.2) is 9.97 Å². The minimum absolute atomic E-state index is 0.0354. The van der Waals surface area contributed by atoms with Gasteiger partial charge in [-0.05, 0) is 32.0 Å². The summed E-state index contributed by atoms with van der Waals surface area (Å²) >= 11 is 0. The number of methoxy groups -OCH3 is 1. The molecule has 0 radical (unpaired) electrons. The monoisotopic (exact) mass is 383 g/mol. The SMILES string of the molecule is COC[C@H](C)Oc1ccc2[nH]nc(-c3cc(N4CCO[C@H](C)C4)ncn3)c2c1. The van der Waals surface area contributed by atoms with Crippen molar-refractivity contribution in [3.63, 3.8) is 0 Å². The molecule has 2 aromatic heterocycles. The van der Waals surface area contributed by atoms with Crippen LogP contribution in [0.5, 0.6) is 5.75 Å². The van der Waals surface area contributed by atoms with Crippen LogP contribution in [0.1, 0.15) is 13.8 Å². The number of ether oxygens (including phenoxy) is 3. The second kappa shape index (κ2) is 8.12. The number of aromatic amines is 1. The first-order valence-corrected chi connectivity index (χ1v) is 9.46. The molecule has 8 nitrogen and oxygen atoms in total. The van der Waals surface area contributed by atoms with E-state index in [0.717, 1.165) is 46.9 Å². The quantitative estimate of drug-likeness (QED) is 0.700. The largest absolute Gasteiger partial charge is 0.488 e. The Morgan fingerprint density at radius 2 is 2.21 bits per heavy atom. The Morgan fingerprint density at radius 3 is 3.04 bits per heavy atom. The Bertz CT molecular complexity index is 944. The van der Waals surface area contributed by atoms with Crippen LogP contribution in [0.3, 0.4) is 0 Å². The van der Waals surface area contributed by atoms with Crippen LogP contribution in [0, 0.1) is 0 Å². The molecule has 1 fully saturated rings. The zero-order chi connectivity index (χ0) is 19.5. The zero-order valence-electron chi connectivity index (χ0n) is 16.4. The van der Waals surface area contributed by atoms with E-state index in [0.29, 0.717) is 13.2 Å². The topological polar surface area (TPSA) is 85.4 Å². The minimum atomic E-state index is -0.0354. The van der Waals surface area contributed by atoms with Crippen LogP contribution in [0.25, 0.3) is 22.3 Å². The lowest BCUT2D eigenvalue weighted by molar-refractivity contribution is 0.0529. The highest BCUT2D eigenvalue weighted by Crippen LogP contribution is 2.30. The van der Waals surface area contributed by atoms with E-state index in [1.165, 1.54) is 0 Å².